The fourth-order valence-corrected chi connectivity index (χ4v) is 2.50. The van der Waals surface area contributed by atoms with Crippen molar-refractivity contribution in [3.8, 4) is 0 Å². The van der Waals surface area contributed by atoms with Crippen molar-refractivity contribution in [2.75, 3.05) is 6.61 Å². The Morgan fingerprint density at radius 3 is 2.88 bits per heavy atom. The minimum absolute atomic E-state index is 0.205. The van der Waals surface area contributed by atoms with Crippen molar-refractivity contribution < 1.29 is 14.3 Å². The van der Waals surface area contributed by atoms with Gasteiger partial charge in [0.15, 0.2) is 6.04 Å². The van der Waals surface area contributed by atoms with Crippen molar-refractivity contribution in [2.45, 2.75) is 19.5 Å². The van der Waals surface area contributed by atoms with Crippen molar-refractivity contribution in [2.24, 2.45) is 5.73 Å². The van der Waals surface area contributed by atoms with Crippen LogP contribution in [0.2, 0.25) is 0 Å². The highest BCUT2D eigenvalue weighted by atomic mass is 79.9. The smallest absolute Gasteiger partial charge is 0.332 e. The van der Waals surface area contributed by atoms with Crippen LogP contribution >= 0.6 is 27.3 Å². The molecule has 0 aromatic carbocycles. The van der Waals surface area contributed by atoms with E-state index in [2.05, 4.69) is 26.0 Å². The largest absolute Gasteiger partial charge is 0.464 e. The zero-order valence-corrected chi connectivity index (χ0v) is 11.6. The predicted molar refractivity (Wildman–Crippen MR) is 68.5 cm³/mol. The highest BCUT2D eigenvalue weighted by Gasteiger charge is 2.23. The van der Waals surface area contributed by atoms with Crippen LogP contribution in [0.15, 0.2) is 15.9 Å². The number of nitrogens with one attached hydrogen (secondary N) is 1. The average Bonchev–Trinajstić information content (AvgIpc) is 2.71. The summed E-state index contributed by atoms with van der Waals surface area (Å²) in [6.45, 7) is 2.20. The van der Waals surface area contributed by atoms with Gasteiger partial charge in [-0.3, -0.25) is 4.79 Å². The van der Waals surface area contributed by atoms with E-state index >= 15 is 0 Å². The molecule has 1 rings (SSSR count). The van der Waals surface area contributed by atoms with Gasteiger partial charge in [0.2, 0.25) is 5.91 Å². The minimum atomic E-state index is -1.27. The van der Waals surface area contributed by atoms with E-state index in [1.165, 1.54) is 11.3 Å². The number of hydrogen-bond donors (Lipinski definition) is 2. The standard InChI is InChI=1S/C10H13BrN2O3S/c1-2-16-10(15)8(12)9(14)13-5-7-6(11)3-4-17-7/h3-4,8H,2,5,12H2,1H3,(H,13,14). The summed E-state index contributed by atoms with van der Waals surface area (Å²) in [5.41, 5.74) is 5.43. The van der Waals surface area contributed by atoms with Crippen LogP contribution in [0.5, 0.6) is 0 Å². The maximum Gasteiger partial charge on any atom is 0.332 e. The van der Waals surface area contributed by atoms with Gasteiger partial charge in [0, 0.05) is 9.35 Å². The van der Waals surface area contributed by atoms with Crippen LogP contribution in [-0.4, -0.2) is 24.5 Å². The Labute approximate surface area is 111 Å². The molecule has 0 aliphatic rings. The lowest BCUT2D eigenvalue weighted by atomic mass is 10.3. The maximum atomic E-state index is 11.5. The second kappa shape index (κ2) is 6.73. The Hall–Kier alpha value is -0.920. The molecule has 7 heteroatoms. The van der Waals surface area contributed by atoms with E-state index in [1.54, 1.807) is 6.92 Å². The molecule has 0 fully saturated rings. The molecular formula is C10H13BrN2O3S. The van der Waals surface area contributed by atoms with Crippen LogP contribution in [0.1, 0.15) is 11.8 Å². The molecule has 1 unspecified atom stereocenters. The first-order valence-corrected chi connectivity index (χ1v) is 6.65. The highest BCUT2D eigenvalue weighted by molar-refractivity contribution is 9.10. The van der Waals surface area contributed by atoms with Gasteiger partial charge >= 0.3 is 5.97 Å². The van der Waals surface area contributed by atoms with Crippen LogP contribution < -0.4 is 11.1 Å². The van der Waals surface area contributed by atoms with Crippen molar-refractivity contribution in [1.82, 2.24) is 5.32 Å². The van der Waals surface area contributed by atoms with Crippen LogP contribution in [0.25, 0.3) is 0 Å². The van der Waals surface area contributed by atoms with E-state index in [4.69, 9.17) is 5.73 Å². The molecule has 3 N–H and O–H groups in total. The van der Waals surface area contributed by atoms with Gasteiger partial charge in [0.25, 0.3) is 0 Å². The Balaban J connectivity index is 2.44. The number of hydrogen-bond acceptors (Lipinski definition) is 5. The first-order chi connectivity index (χ1) is 8.06. The average molecular weight is 321 g/mol. The molecule has 0 saturated carbocycles. The molecule has 94 valence electrons. The van der Waals surface area contributed by atoms with Crippen LogP contribution in [0, 0.1) is 0 Å². The Kier molecular flexibility index (Phi) is 5.60. The van der Waals surface area contributed by atoms with Gasteiger partial charge in [-0.05, 0) is 34.3 Å². The number of rotatable bonds is 5. The van der Waals surface area contributed by atoms with E-state index in [1.807, 2.05) is 11.4 Å². The Morgan fingerprint density at radius 2 is 2.35 bits per heavy atom. The van der Waals surface area contributed by atoms with E-state index in [0.29, 0.717) is 6.54 Å². The molecule has 1 amide bonds. The molecule has 1 aromatic heterocycles. The minimum Gasteiger partial charge on any atom is -0.464 e. The fraction of sp³-hybridized carbons (Fsp3) is 0.400. The van der Waals surface area contributed by atoms with Gasteiger partial charge in [0.05, 0.1) is 13.2 Å². The van der Waals surface area contributed by atoms with E-state index < -0.39 is 17.9 Å². The second-order valence-electron chi connectivity index (χ2n) is 3.14. The summed E-state index contributed by atoms with van der Waals surface area (Å²) in [6.07, 6.45) is 0. The second-order valence-corrected chi connectivity index (χ2v) is 4.99. The zero-order chi connectivity index (χ0) is 12.8. The van der Waals surface area contributed by atoms with Gasteiger partial charge in [-0.15, -0.1) is 11.3 Å². The highest BCUT2D eigenvalue weighted by Crippen LogP contribution is 2.22. The number of halogens is 1. The number of amides is 1. The molecule has 5 nitrogen and oxygen atoms in total. The van der Waals surface area contributed by atoms with Crippen LogP contribution in [-0.2, 0) is 20.9 Å². The Bertz CT molecular complexity index is 408. The lowest BCUT2D eigenvalue weighted by Crippen LogP contribution is -2.46. The third-order valence-corrected chi connectivity index (χ3v) is 3.86. The molecule has 0 spiro atoms. The van der Waals surface area contributed by atoms with Crippen molar-refractivity contribution in [3.05, 3.63) is 20.8 Å². The molecule has 1 heterocycles. The molecule has 0 aliphatic carbocycles. The summed E-state index contributed by atoms with van der Waals surface area (Å²) in [6, 6.07) is 0.617. The Morgan fingerprint density at radius 1 is 1.65 bits per heavy atom. The third-order valence-electron chi connectivity index (χ3n) is 1.94. The summed E-state index contributed by atoms with van der Waals surface area (Å²) in [7, 11) is 0. The molecule has 17 heavy (non-hydrogen) atoms. The number of esters is 1. The molecular weight excluding hydrogens is 308 g/mol. The summed E-state index contributed by atoms with van der Waals surface area (Å²) in [4.78, 5) is 23.7. The maximum absolute atomic E-state index is 11.5. The molecule has 1 aromatic rings. The summed E-state index contributed by atoms with van der Waals surface area (Å²) < 4.78 is 5.58. The molecule has 0 saturated heterocycles. The van der Waals surface area contributed by atoms with Crippen LogP contribution in [0.4, 0.5) is 0 Å². The number of carbonyl (C=O) groups excluding carboxylic acids is 2. The zero-order valence-electron chi connectivity index (χ0n) is 9.23. The first-order valence-electron chi connectivity index (χ1n) is 4.98. The normalized spacial score (nSPS) is 11.9. The molecule has 1 atom stereocenters. The molecule has 0 radical (unpaired) electrons. The van der Waals surface area contributed by atoms with Gasteiger partial charge in [0.1, 0.15) is 0 Å². The predicted octanol–water partition coefficient (Wildman–Crippen LogP) is 1.02. The summed E-state index contributed by atoms with van der Waals surface area (Å²) in [5, 5.41) is 4.48. The number of carbonyl (C=O) groups is 2. The number of thiophene rings is 1. The number of ether oxygens (including phenoxy) is 1. The van der Waals surface area contributed by atoms with E-state index in [9.17, 15) is 9.59 Å². The molecule has 0 bridgehead atoms. The van der Waals surface area contributed by atoms with Gasteiger partial charge in [-0.1, -0.05) is 0 Å². The van der Waals surface area contributed by atoms with Crippen molar-refractivity contribution in [1.29, 1.82) is 0 Å². The topological polar surface area (TPSA) is 81.4 Å². The van der Waals surface area contributed by atoms with E-state index in [-0.39, 0.29) is 6.61 Å². The van der Waals surface area contributed by atoms with Gasteiger partial charge in [-0.2, -0.15) is 0 Å². The summed E-state index contributed by atoms with van der Waals surface area (Å²) >= 11 is 4.85. The molecule has 0 aliphatic heterocycles. The summed E-state index contributed by atoms with van der Waals surface area (Å²) in [5.74, 6) is -1.25. The fourth-order valence-electron chi connectivity index (χ4n) is 1.07. The van der Waals surface area contributed by atoms with Gasteiger partial charge < -0.3 is 15.8 Å². The monoisotopic (exact) mass is 320 g/mol. The lowest BCUT2D eigenvalue weighted by molar-refractivity contribution is -0.148. The van der Waals surface area contributed by atoms with Crippen LogP contribution in [0.3, 0.4) is 0 Å². The quantitative estimate of drug-likeness (QED) is 0.627. The SMILES string of the molecule is CCOC(=O)C(N)C(=O)NCc1sccc1Br. The van der Waals surface area contributed by atoms with Crippen molar-refractivity contribution in [3.63, 3.8) is 0 Å². The lowest BCUT2D eigenvalue weighted by Gasteiger charge is -2.10. The van der Waals surface area contributed by atoms with Gasteiger partial charge in [-0.25, -0.2) is 4.79 Å². The first kappa shape index (κ1) is 14.1. The van der Waals surface area contributed by atoms with E-state index in [0.717, 1.165) is 9.35 Å². The van der Waals surface area contributed by atoms with Crippen molar-refractivity contribution >= 4 is 39.1 Å². The number of nitrogens with two attached hydrogens (primary N) is 1. The third kappa shape index (κ3) is 4.10.